The molecule has 43 heavy (non-hydrogen) atoms. The summed E-state index contributed by atoms with van der Waals surface area (Å²) >= 11 is 6.99. The second-order valence-electron chi connectivity index (χ2n) is 10.1. The summed E-state index contributed by atoms with van der Waals surface area (Å²) in [5, 5.41) is 0. The van der Waals surface area contributed by atoms with Crippen molar-refractivity contribution in [2.45, 2.75) is 46.4 Å². The summed E-state index contributed by atoms with van der Waals surface area (Å²) in [6.45, 7) is 8.07. The molecule has 5 rings (SSSR count). The van der Waals surface area contributed by atoms with E-state index in [-0.39, 0.29) is 18.3 Å². The van der Waals surface area contributed by atoms with Crippen LogP contribution in [0.15, 0.2) is 92.3 Å². The molecule has 0 unspecified atom stereocenters. The maximum absolute atomic E-state index is 14.0. The van der Waals surface area contributed by atoms with Crippen molar-refractivity contribution in [1.82, 2.24) is 4.57 Å². The molecule has 222 valence electrons. The number of carbonyl (C=O) groups is 1. The first kappa shape index (κ1) is 31.2. The van der Waals surface area contributed by atoms with Crippen molar-refractivity contribution in [3.8, 4) is 11.5 Å². The number of para-hydroxylation sites is 1. The van der Waals surface area contributed by atoms with Crippen LogP contribution < -0.4 is 24.4 Å². The van der Waals surface area contributed by atoms with E-state index in [9.17, 15) is 9.59 Å². The first-order valence-electron chi connectivity index (χ1n) is 13.8. The fourth-order valence-corrected chi connectivity index (χ4v) is 6.78. The quantitative estimate of drug-likeness (QED) is 0.143. The summed E-state index contributed by atoms with van der Waals surface area (Å²) in [5.74, 6) is 0.858. The van der Waals surface area contributed by atoms with Crippen LogP contribution in [0, 0.1) is 3.57 Å². The summed E-state index contributed by atoms with van der Waals surface area (Å²) < 4.78 is 21.6. The lowest BCUT2D eigenvalue weighted by Gasteiger charge is -2.26. The van der Waals surface area contributed by atoms with E-state index in [0.717, 1.165) is 24.9 Å². The molecule has 1 atom stereocenters. The minimum Gasteiger partial charge on any atom is -0.491 e. The van der Waals surface area contributed by atoms with Gasteiger partial charge in [0, 0.05) is 10.0 Å². The van der Waals surface area contributed by atoms with Crippen molar-refractivity contribution in [2.75, 3.05) is 6.61 Å². The van der Waals surface area contributed by atoms with Crippen molar-refractivity contribution in [2.24, 2.45) is 4.99 Å². The summed E-state index contributed by atoms with van der Waals surface area (Å²) in [5.41, 5.74) is 3.21. The Morgan fingerprint density at radius 1 is 1.12 bits per heavy atom. The maximum atomic E-state index is 14.0. The molecule has 7 nitrogen and oxygen atoms in total. The van der Waals surface area contributed by atoms with Gasteiger partial charge in [-0.15, -0.1) is 0 Å². The van der Waals surface area contributed by atoms with E-state index >= 15 is 0 Å². The van der Waals surface area contributed by atoms with Crippen molar-refractivity contribution in [3.63, 3.8) is 0 Å². The highest BCUT2D eigenvalue weighted by molar-refractivity contribution is 14.1. The molecule has 0 saturated carbocycles. The van der Waals surface area contributed by atoms with E-state index in [4.69, 9.17) is 14.2 Å². The number of allylic oxidation sites excluding steroid dienone is 1. The van der Waals surface area contributed by atoms with Crippen LogP contribution in [0.3, 0.4) is 0 Å². The topological polar surface area (TPSA) is 79.1 Å². The molecule has 0 aliphatic carbocycles. The molecule has 1 aliphatic rings. The third-order valence-corrected chi connectivity index (χ3v) is 9.01. The minimum absolute atomic E-state index is 0.0996. The SMILES string of the molecule is CCOC(=O)C1=C(C)N=c2s/c(=C/c3ccc(OCc4ccc(Br)cc4)c(I)c3)c(=O)n2[C@@H]1c1ccccc1OC(C)C. The van der Waals surface area contributed by atoms with E-state index in [1.165, 1.54) is 11.3 Å². The third kappa shape index (κ3) is 6.97. The Labute approximate surface area is 275 Å². The van der Waals surface area contributed by atoms with Gasteiger partial charge in [0.1, 0.15) is 24.1 Å². The number of rotatable bonds is 9. The van der Waals surface area contributed by atoms with Crippen LogP contribution in [0.25, 0.3) is 6.08 Å². The largest absolute Gasteiger partial charge is 0.491 e. The molecular weight excluding hydrogens is 743 g/mol. The van der Waals surface area contributed by atoms with Gasteiger partial charge >= 0.3 is 5.97 Å². The molecule has 0 saturated heterocycles. The number of benzene rings is 3. The highest BCUT2D eigenvalue weighted by Crippen LogP contribution is 2.36. The Morgan fingerprint density at radius 3 is 2.56 bits per heavy atom. The highest BCUT2D eigenvalue weighted by Gasteiger charge is 2.35. The van der Waals surface area contributed by atoms with Gasteiger partial charge in [-0.3, -0.25) is 9.36 Å². The first-order chi connectivity index (χ1) is 20.7. The van der Waals surface area contributed by atoms with Crippen molar-refractivity contribution in [3.05, 3.63) is 122 Å². The molecule has 10 heteroatoms. The van der Waals surface area contributed by atoms with Crippen molar-refractivity contribution < 1.29 is 19.0 Å². The third-order valence-electron chi connectivity index (χ3n) is 6.65. The van der Waals surface area contributed by atoms with E-state index in [1.54, 1.807) is 18.4 Å². The number of hydrogen-bond donors (Lipinski definition) is 0. The number of esters is 1. The Morgan fingerprint density at radius 2 is 1.86 bits per heavy atom. The summed E-state index contributed by atoms with van der Waals surface area (Å²) in [4.78, 5) is 32.5. The molecule has 1 aromatic heterocycles. The van der Waals surface area contributed by atoms with Crippen LogP contribution in [-0.4, -0.2) is 23.2 Å². The Kier molecular flexibility index (Phi) is 9.88. The van der Waals surface area contributed by atoms with E-state index < -0.39 is 12.0 Å². The Balaban J connectivity index is 1.55. The molecule has 0 N–H and O–H groups in total. The molecule has 0 radical (unpaired) electrons. The molecule has 2 heterocycles. The second kappa shape index (κ2) is 13.6. The number of thiazole rings is 1. The fraction of sp³-hybridized carbons (Fsp3) is 0.242. The number of ether oxygens (including phenoxy) is 3. The monoisotopic (exact) mass is 772 g/mol. The molecule has 0 spiro atoms. The molecule has 4 aromatic rings. The van der Waals surface area contributed by atoms with E-state index in [0.29, 0.717) is 38.5 Å². The van der Waals surface area contributed by atoms with E-state index in [2.05, 4.69) is 43.5 Å². The number of aromatic nitrogens is 1. The van der Waals surface area contributed by atoms with Gasteiger partial charge in [0.25, 0.3) is 5.56 Å². The zero-order valence-corrected chi connectivity index (χ0v) is 28.7. The minimum atomic E-state index is -0.748. The highest BCUT2D eigenvalue weighted by atomic mass is 127. The molecule has 0 fully saturated rings. The van der Waals surface area contributed by atoms with Gasteiger partial charge in [-0.05, 0) is 97.8 Å². The van der Waals surface area contributed by atoms with Gasteiger partial charge in [-0.2, -0.15) is 0 Å². The predicted octanol–water partition coefficient (Wildman–Crippen LogP) is 6.53. The molecule has 0 bridgehead atoms. The summed E-state index contributed by atoms with van der Waals surface area (Å²) in [6, 6.07) is 20.6. The van der Waals surface area contributed by atoms with Gasteiger partial charge < -0.3 is 14.2 Å². The van der Waals surface area contributed by atoms with Gasteiger partial charge in [0.2, 0.25) is 0 Å². The molecule has 3 aromatic carbocycles. The van der Waals surface area contributed by atoms with Crippen molar-refractivity contribution in [1.29, 1.82) is 0 Å². The predicted molar refractivity (Wildman–Crippen MR) is 180 cm³/mol. The van der Waals surface area contributed by atoms with Crippen LogP contribution >= 0.6 is 49.9 Å². The number of carbonyl (C=O) groups excluding carboxylic acids is 1. The van der Waals surface area contributed by atoms with Crippen LogP contribution in [0.5, 0.6) is 11.5 Å². The number of hydrogen-bond acceptors (Lipinski definition) is 7. The first-order valence-corrected chi connectivity index (χ1v) is 16.5. The number of fused-ring (bicyclic) bond motifs is 1. The Hall–Kier alpha value is -3.22. The number of halogens is 2. The Bertz CT molecular complexity index is 1880. The van der Waals surface area contributed by atoms with E-state index in [1.807, 2.05) is 86.7 Å². The van der Waals surface area contributed by atoms with Crippen LogP contribution in [0.4, 0.5) is 0 Å². The fourth-order valence-electron chi connectivity index (χ4n) is 4.77. The van der Waals surface area contributed by atoms with Crippen LogP contribution in [0.2, 0.25) is 0 Å². The molecular formula is C33H30BrIN2O5S. The lowest BCUT2D eigenvalue weighted by Crippen LogP contribution is -2.40. The summed E-state index contributed by atoms with van der Waals surface area (Å²) in [6.07, 6.45) is 1.75. The number of nitrogens with zero attached hydrogens (tertiary/aromatic N) is 2. The zero-order valence-electron chi connectivity index (χ0n) is 24.1. The van der Waals surface area contributed by atoms with Gasteiger partial charge in [-0.1, -0.05) is 63.7 Å². The lowest BCUT2D eigenvalue weighted by atomic mass is 9.95. The smallest absolute Gasteiger partial charge is 0.338 e. The average Bonchev–Trinajstić information content (AvgIpc) is 3.26. The van der Waals surface area contributed by atoms with Gasteiger partial charge in [0.15, 0.2) is 4.80 Å². The lowest BCUT2D eigenvalue weighted by molar-refractivity contribution is -0.139. The second-order valence-corrected chi connectivity index (χ2v) is 13.2. The van der Waals surface area contributed by atoms with Crippen LogP contribution in [-0.2, 0) is 16.1 Å². The standard InChI is InChI=1S/C33H30BrIN2O5S/c1-5-40-32(39)29-20(4)36-33-37(30(29)24-8-6-7-9-26(24)42-19(2)3)31(38)28(43-33)17-22-12-15-27(25(35)16-22)41-18-21-10-13-23(34)14-11-21/h6-17,19,30H,5,18H2,1-4H3/b28-17+/t30-/m1/s1. The zero-order chi connectivity index (χ0) is 30.7. The maximum Gasteiger partial charge on any atom is 0.338 e. The van der Waals surface area contributed by atoms with Crippen LogP contribution in [0.1, 0.15) is 50.4 Å². The molecule has 1 aliphatic heterocycles. The van der Waals surface area contributed by atoms with Gasteiger partial charge in [-0.25, -0.2) is 9.79 Å². The average molecular weight is 773 g/mol. The van der Waals surface area contributed by atoms with Gasteiger partial charge in [0.05, 0.1) is 32.1 Å². The normalized spacial score (nSPS) is 14.9. The van der Waals surface area contributed by atoms with Crippen molar-refractivity contribution >= 4 is 61.9 Å². The summed E-state index contributed by atoms with van der Waals surface area (Å²) in [7, 11) is 0. The molecule has 0 amide bonds.